The van der Waals surface area contributed by atoms with Crippen molar-refractivity contribution in [2.75, 3.05) is 29.4 Å². The summed E-state index contributed by atoms with van der Waals surface area (Å²) in [5, 5.41) is 8.70. The molecule has 4 rings (SSSR count). The van der Waals surface area contributed by atoms with Crippen molar-refractivity contribution < 1.29 is 18.8 Å². The molecule has 0 unspecified atom stereocenters. The Morgan fingerprint density at radius 3 is 2.81 bits per heavy atom. The number of hydroxylamine groups is 1. The Kier molecular flexibility index (Phi) is 4.21. The maximum absolute atomic E-state index is 14.4. The van der Waals surface area contributed by atoms with E-state index in [4.69, 9.17) is 5.21 Å². The zero-order valence-corrected chi connectivity index (χ0v) is 14.7. The van der Waals surface area contributed by atoms with Crippen LogP contribution in [-0.4, -0.2) is 46.8 Å². The molecule has 0 spiro atoms. The number of aromatic nitrogens is 2. The second-order valence-electron chi connectivity index (χ2n) is 7.55. The molecule has 2 N–H and O–H groups in total. The molecule has 2 saturated heterocycles. The third kappa shape index (κ3) is 2.87. The van der Waals surface area contributed by atoms with E-state index in [1.807, 2.05) is 16.7 Å². The van der Waals surface area contributed by atoms with Gasteiger partial charge in [0.05, 0.1) is 0 Å². The van der Waals surface area contributed by atoms with Crippen LogP contribution in [-0.2, 0) is 17.1 Å². The minimum absolute atomic E-state index is 0.0704. The summed E-state index contributed by atoms with van der Waals surface area (Å²) in [6.45, 7) is 4.05. The summed E-state index contributed by atoms with van der Waals surface area (Å²) in [4.78, 5) is 24.2. The molecule has 1 amide bonds. The van der Waals surface area contributed by atoms with Crippen LogP contribution in [0.1, 0.15) is 43.9 Å². The zero-order chi connectivity index (χ0) is 18.5. The molecule has 0 saturated carbocycles. The lowest BCUT2D eigenvalue weighted by atomic mass is 10.1. The van der Waals surface area contributed by atoms with Gasteiger partial charge in [-0.1, -0.05) is 0 Å². The van der Waals surface area contributed by atoms with Crippen molar-refractivity contribution in [1.29, 1.82) is 0 Å². The van der Waals surface area contributed by atoms with Crippen LogP contribution in [0.4, 0.5) is 20.5 Å². The van der Waals surface area contributed by atoms with Crippen molar-refractivity contribution >= 4 is 17.7 Å². The number of carbonyl (C=O) groups is 1. The number of hydrogen-bond donors (Lipinski definition) is 2. The average Bonchev–Trinajstić information content (AvgIpc) is 3.18. The number of carbonyl (C=O) groups excluding carboxylic acids is 1. The standard InChI is InChI=1S/C17H23F2N5O2/c1-10-3-7-24(10)16-20-14-12(2-5-17(14,18)19)15(21-16)23-6-4-11(9-23)8-13(25)22-26/h10-11,26H,2-9H2,1H3,(H,22,25)/t10-,11+/m0/s1. The van der Waals surface area contributed by atoms with Crippen molar-refractivity contribution in [3.05, 3.63) is 11.3 Å². The number of anilines is 2. The fourth-order valence-corrected chi connectivity index (χ4v) is 4.10. The summed E-state index contributed by atoms with van der Waals surface area (Å²) in [7, 11) is 0. The zero-order valence-electron chi connectivity index (χ0n) is 14.7. The topological polar surface area (TPSA) is 81.6 Å². The molecule has 7 nitrogen and oxygen atoms in total. The van der Waals surface area contributed by atoms with Gasteiger partial charge in [0.2, 0.25) is 11.9 Å². The minimum Gasteiger partial charge on any atom is -0.356 e. The second-order valence-corrected chi connectivity index (χ2v) is 7.55. The number of amides is 1. The van der Waals surface area contributed by atoms with Gasteiger partial charge in [0, 0.05) is 44.1 Å². The first-order valence-electron chi connectivity index (χ1n) is 9.13. The van der Waals surface area contributed by atoms with E-state index in [1.165, 1.54) is 0 Å². The van der Waals surface area contributed by atoms with Gasteiger partial charge in [-0.25, -0.2) is 10.5 Å². The lowest BCUT2D eigenvalue weighted by molar-refractivity contribution is -0.130. The molecule has 0 aromatic carbocycles. The fraction of sp³-hybridized carbons (Fsp3) is 0.706. The maximum Gasteiger partial charge on any atom is 0.290 e. The number of nitrogens with zero attached hydrogens (tertiary/aromatic N) is 4. The van der Waals surface area contributed by atoms with Crippen molar-refractivity contribution in [2.45, 2.75) is 51.0 Å². The number of halogens is 2. The Bertz CT molecular complexity index is 729. The highest BCUT2D eigenvalue weighted by atomic mass is 19.3. The molecule has 0 bridgehead atoms. The summed E-state index contributed by atoms with van der Waals surface area (Å²) in [6, 6.07) is 0.260. The van der Waals surface area contributed by atoms with E-state index >= 15 is 0 Å². The molecule has 26 heavy (non-hydrogen) atoms. The van der Waals surface area contributed by atoms with E-state index in [-0.39, 0.29) is 36.9 Å². The first-order valence-corrected chi connectivity index (χ1v) is 9.13. The van der Waals surface area contributed by atoms with Gasteiger partial charge < -0.3 is 9.80 Å². The molecule has 0 radical (unpaired) electrons. The molecule has 9 heteroatoms. The summed E-state index contributed by atoms with van der Waals surface area (Å²) in [5.41, 5.74) is 2.06. The average molecular weight is 367 g/mol. The normalized spacial score (nSPS) is 26.6. The van der Waals surface area contributed by atoms with Gasteiger partial charge >= 0.3 is 0 Å². The Balaban J connectivity index is 1.64. The Morgan fingerprint density at radius 1 is 1.35 bits per heavy atom. The summed E-state index contributed by atoms with van der Waals surface area (Å²) in [5.74, 6) is -2.29. The van der Waals surface area contributed by atoms with E-state index in [1.54, 1.807) is 5.48 Å². The van der Waals surface area contributed by atoms with E-state index in [0.717, 1.165) is 19.4 Å². The molecule has 142 valence electrons. The molecule has 1 aliphatic carbocycles. The smallest absolute Gasteiger partial charge is 0.290 e. The van der Waals surface area contributed by atoms with Gasteiger partial charge in [0.1, 0.15) is 11.5 Å². The van der Waals surface area contributed by atoms with Gasteiger partial charge in [-0.15, -0.1) is 0 Å². The van der Waals surface area contributed by atoms with Crippen LogP contribution in [0.25, 0.3) is 0 Å². The van der Waals surface area contributed by atoms with Crippen molar-refractivity contribution in [3.8, 4) is 0 Å². The highest BCUT2D eigenvalue weighted by molar-refractivity contribution is 5.75. The molecule has 3 heterocycles. The van der Waals surface area contributed by atoms with Crippen LogP contribution < -0.4 is 15.3 Å². The third-order valence-corrected chi connectivity index (χ3v) is 5.77. The third-order valence-electron chi connectivity index (χ3n) is 5.77. The molecule has 3 aliphatic rings. The predicted molar refractivity (Wildman–Crippen MR) is 90.5 cm³/mol. The van der Waals surface area contributed by atoms with Crippen LogP contribution in [0.5, 0.6) is 0 Å². The molecule has 2 aliphatic heterocycles. The van der Waals surface area contributed by atoms with Gasteiger partial charge in [0.15, 0.2) is 0 Å². The van der Waals surface area contributed by atoms with E-state index in [2.05, 4.69) is 9.97 Å². The lowest BCUT2D eigenvalue weighted by Gasteiger charge is -2.39. The van der Waals surface area contributed by atoms with Gasteiger partial charge in [0.25, 0.3) is 5.92 Å². The van der Waals surface area contributed by atoms with E-state index < -0.39 is 11.8 Å². The van der Waals surface area contributed by atoms with Crippen LogP contribution in [0.2, 0.25) is 0 Å². The molecule has 1 aromatic heterocycles. The number of nitrogens with one attached hydrogen (secondary N) is 1. The summed E-state index contributed by atoms with van der Waals surface area (Å²) >= 11 is 0. The number of fused-ring (bicyclic) bond motifs is 1. The summed E-state index contributed by atoms with van der Waals surface area (Å²) in [6.07, 6.45) is 2.03. The van der Waals surface area contributed by atoms with Gasteiger partial charge in [-0.3, -0.25) is 10.0 Å². The minimum atomic E-state index is -2.91. The Morgan fingerprint density at radius 2 is 2.15 bits per heavy atom. The monoisotopic (exact) mass is 367 g/mol. The number of rotatable bonds is 4. The summed E-state index contributed by atoms with van der Waals surface area (Å²) < 4.78 is 28.7. The molecular formula is C17H23F2N5O2. The van der Waals surface area contributed by atoms with E-state index in [9.17, 15) is 13.6 Å². The quantitative estimate of drug-likeness (QED) is 0.624. The molecular weight excluding hydrogens is 344 g/mol. The molecule has 2 fully saturated rings. The van der Waals surface area contributed by atoms with Gasteiger partial charge in [-0.05, 0) is 32.1 Å². The van der Waals surface area contributed by atoms with Crippen LogP contribution in [0.3, 0.4) is 0 Å². The molecule has 1 aromatic rings. The SMILES string of the molecule is C[C@H]1CCN1c1nc(N2CC[C@H](CC(=O)NO)C2)c2c(n1)C(F)(F)CC2. The lowest BCUT2D eigenvalue weighted by Crippen LogP contribution is -2.47. The maximum atomic E-state index is 14.4. The predicted octanol–water partition coefficient (Wildman–Crippen LogP) is 1.83. The van der Waals surface area contributed by atoms with Crippen LogP contribution >= 0.6 is 0 Å². The van der Waals surface area contributed by atoms with Crippen LogP contribution in [0.15, 0.2) is 0 Å². The largest absolute Gasteiger partial charge is 0.356 e. The Labute approximate surface area is 150 Å². The van der Waals surface area contributed by atoms with Crippen LogP contribution in [0, 0.1) is 5.92 Å². The van der Waals surface area contributed by atoms with Gasteiger partial charge in [-0.2, -0.15) is 13.8 Å². The Hall–Kier alpha value is -2.03. The first kappa shape index (κ1) is 17.4. The molecule has 2 atom stereocenters. The highest BCUT2D eigenvalue weighted by Crippen LogP contribution is 2.45. The van der Waals surface area contributed by atoms with Crippen molar-refractivity contribution in [3.63, 3.8) is 0 Å². The first-order chi connectivity index (χ1) is 12.4. The highest BCUT2D eigenvalue weighted by Gasteiger charge is 2.45. The van der Waals surface area contributed by atoms with E-state index in [0.29, 0.717) is 30.4 Å². The van der Waals surface area contributed by atoms with Crippen molar-refractivity contribution in [2.24, 2.45) is 5.92 Å². The van der Waals surface area contributed by atoms with Crippen molar-refractivity contribution in [1.82, 2.24) is 15.4 Å². The number of alkyl halides is 2. The number of hydrogen-bond acceptors (Lipinski definition) is 6. The second kappa shape index (κ2) is 6.29. The fourth-order valence-electron chi connectivity index (χ4n) is 4.10.